The van der Waals surface area contributed by atoms with E-state index in [1.807, 2.05) is 17.2 Å². The van der Waals surface area contributed by atoms with E-state index in [4.69, 9.17) is 4.74 Å². The molecule has 1 aromatic rings. The highest BCUT2D eigenvalue weighted by Gasteiger charge is 2.27. The quantitative estimate of drug-likeness (QED) is 0.786. The zero-order chi connectivity index (χ0) is 13.8. The Labute approximate surface area is 119 Å². The Kier molecular flexibility index (Phi) is 4.16. The number of hydrogen-bond acceptors (Lipinski definition) is 4. The first-order valence-electron chi connectivity index (χ1n) is 7.39. The SMILES string of the molecule is O=CN1CCCCC1c1cccnc1N1CCOCC1. The Hall–Kier alpha value is -1.62. The zero-order valence-corrected chi connectivity index (χ0v) is 11.7. The third kappa shape index (κ3) is 2.63. The highest BCUT2D eigenvalue weighted by atomic mass is 16.5. The van der Waals surface area contributed by atoms with Gasteiger partial charge in [-0.3, -0.25) is 4.79 Å². The molecule has 1 unspecified atom stereocenters. The van der Waals surface area contributed by atoms with Crippen LogP contribution >= 0.6 is 0 Å². The van der Waals surface area contributed by atoms with Gasteiger partial charge >= 0.3 is 0 Å². The number of hydrogen-bond donors (Lipinski definition) is 0. The average Bonchev–Trinajstić information content (AvgIpc) is 2.55. The fourth-order valence-corrected chi connectivity index (χ4v) is 3.12. The van der Waals surface area contributed by atoms with E-state index in [0.29, 0.717) is 0 Å². The van der Waals surface area contributed by atoms with Crippen molar-refractivity contribution in [3.8, 4) is 0 Å². The summed E-state index contributed by atoms with van der Waals surface area (Å²) in [5.74, 6) is 1.02. The van der Waals surface area contributed by atoms with Gasteiger partial charge in [-0.05, 0) is 25.3 Å². The van der Waals surface area contributed by atoms with Gasteiger partial charge in [-0.1, -0.05) is 6.07 Å². The Bertz CT molecular complexity index is 460. The average molecular weight is 275 g/mol. The highest BCUT2D eigenvalue weighted by molar-refractivity contribution is 5.54. The number of aromatic nitrogens is 1. The van der Waals surface area contributed by atoms with Gasteiger partial charge in [-0.15, -0.1) is 0 Å². The van der Waals surface area contributed by atoms with Crippen molar-refractivity contribution in [2.24, 2.45) is 0 Å². The van der Waals surface area contributed by atoms with Crippen molar-refractivity contribution in [1.82, 2.24) is 9.88 Å². The fraction of sp³-hybridized carbons (Fsp3) is 0.600. The van der Waals surface area contributed by atoms with Crippen molar-refractivity contribution in [3.05, 3.63) is 23.9 Å². The van der Waals surface area contributed by atoms with Crippen LogP contribution in [0.2, 0.25) is 0 Å². The largest absolute Gasteiger partial charge is 0.378 e. The summed E-state index contributed by atoms with van der Waals surface area (Å²) in [6, 6.07) is 4.26. The van der Waals surface area contributed by atoms with Gasteiger partial charge in [0.05, 0.1) is 19.3 Å². The van der Waals surface area contributed by atoms with Gasteiger partial charge in [-0.2, -0.15) is 0 Å². The molecule has 0 aromatic carbocycles. The van der Waals surface area contributed by atoms with E-state index >= 15 is 0 Å². The third-order valence-corrected chi connectivity index (χ3v) is 4.17. The third-order valence-electron chi connectivity index (χ3n) is 4.17. The molecule has 1 amide bonds. The van der Waals surface area contributed by atoms with Crippen LogP contribution in [-0.4, -0.2) is 49.1 Å². The van der Waals surface area contributed by atoms with Crippen LogP contribution in [0.25, 0.3) is 0 Å². The molecule has 1 aromatic heterocycles. The van der Waals surface area contributed by atoms with Crippen LogP contribution in [0, 0.1) is 0 Å². The number of carbonyl (C=O) groups is 1. The second-order valence-corrected chi connectivity index (χ2v) is 5.37. The van der Waals surface area contributed by atoms with E-state index in [-0.39, 0.29) is 6.04 Å². The lowest BCUT2D eigenvalue weighted by Crippen LogP contribution is -2.39. The molecule has 0 N–H and O–H groups in total. The number of nitrogens with zero attached hydrogens (tertiary/aromatic N) is 3. The first kappa shape index (κ1) is 13.4. The Morgan fingerprint density at radius 3 is 2.90 bits per heavy atom. The maximum atomic E-state index is 11.3. The molecular weight excluding hydrogens is 254 g/mol. The highest BCUT2D eigenvalue weighted by Crippen LogP contribution is 2.34. The molecule has 1 atom stereocenters. The first-order valence-corrected chi connectivity index (χ1v) is 7.39. The number of rotatable bonds is 3. The summed E-state index contributed by atoms with van der Waals surface area (Å²) in [7, 11) is 0. The lowest BCUT2D eigenvalue weighted by molar-refractivity contribution is -0.121. The van der Waals surface area contributed by atoms with E-state index in [0.717, 1.165) is 57.9 Å². The number of pyridine rings is 1. The van der Waals surface area contributed by atoms with Crippen molar-refractivity contribution < 1.29 is 9.53 Å². The number of morpholine rings is 1. The van der Waals surface area contributed by atoms with Crippen LogP contribution in [0.5, 0.6) is 0 Å². The normalized spacial score (nSPS) is 23.7. The number of ether oxygens (including phenoxy) is 1. The molecule has 3 rings (SSSR count). The minimum Gasteiger partial charge on any atom is -0.378 e. The van der Waals surface area contributed by atoms with Crippen LogP contribution in [0.3, 0.4) is 0 Å². The molecule has 2 aliphatic rings. The van der Waals surface area contributed by atoms with E-state index in [9.17, 15) is 4.79 Å². The van der Waals surface area contributed by atoms with Crippen molar-refractivity contribution in [3.63, 3.8) is 0 Å². The number of likely N-dealkylation sites (tertiary alicyclic amines) is 1. The maximum absolute atomic E-state index is 11.3. The van der Waals surface area contributed by atoms with Crippen molar-refractivity contribution in [2.75, 3.05) is 37.7 Å². The molecule has 2 aliphatic heterocycles. The van der Waals surface area contributed by atoms with Crippen LogP contribution in [0.15, 0.2) is 18.3 Å². The van der Waals surface area contributed by atoms with Gasteiger partial charge < -0.3 is 14.5 Å². The number of anilines is 1. The molecule has 0 radical (unpaired) electrons. The van der Waals surface area contributed by atoms with Gasteiger partial charge in [-0.25, -0.2) is 4.98 Å². The van der Waals surface area contributed by atoms with Crippen LogP contribution in [-0.2, 0) is 9.53 Å². The second-order valence-electron chi connectivity index (χ2n) is 5.37. The lowest BCUT2D eigenvalue weighted by atomic mass is 9.96. The van der Waals surface area contributed by atoms with Crippen LogP contribution < -0.4 is 4.90 Å². The molecule has 2 saturated heterocycles. The van der Waals surface area contributed by atoms with Crippen molar-refractivity contribution >= 4 is 12.2 Å². The summed E-state index contributed by atoms with van der Waals surface area (Å²) in [4.78, 5) is 20.1. The minimum absolute atomic E-state index is 0.174. The zero-order valence-electron chi connectivity index (χ0n) is 11.7. The number of amides is 1. The molecule has 0 aliphatic carbocycles. The number of piperidine rings is 1. The molecule has 0 bridgehead atoms. The summed E-state index contributed by atoms with van der Waals surface area (Å²) in [5.41, 5.74) is 1.18. The van der Waals surface area contributed by atoms with Gasteiger partial charge in [0, 0.05) is 31.4 Å². The predicted molar refractivity (Wildman–Crippen MR) is 76.6 cm³/mol. The van der Waals surface area contributed by atoms with E-state index < -0.39 is 0 Å². The van der Waals surface area contributed by atoms with Gasteiger partial charge in [0.25, 0.3) is 0 Å². The summed E-state index contributed by atoms with van der Waals surface area (Å²) in [6.07, 6.45) is 6.12. The van der Waals surface area contributed by atoms with Gasteiger partial charge in [0.2, 0.25) is 6.41 Å². The van der Waals surface area contributed by atoms with Gasteiger partial charge in [0.15, 0.2) is 0 Å². The molecule has 3 heterocycles. The molecule has 5 heteroatoms. The Balaban J connectivity index is 1.89. The molecule has 108 valence electrons. The van der Waals surface area contributed by atoms with Gasteiger partial charge in [0.1, 0.15) is 5.82 Å². The standard InChI is InChI=1S/C15H21N3O2/c19-12-18-7-2-1-5-14(18)13-4-3-6-16-15(13)17-8-10-20-11-9-17/h3-4,6,12,14H,1-2,5,7-11H2. The monoisotopic (exact) mass is 275 g/mol. The summed E-state index contributed by atoms with van der Waals surface area (Å²) in [6.45, 7) is 4.09. The minimum atomic E-state index is 0.174. The fourth-order valence-electron chi connectivity index (χ4n) is 3.12. The number of carbonyl (C=O) groups excluding carboxylic acids is 1. The second kappa shape index (κ2) is 6.22. The van der Waals surface area contributed by atoms with Crippen molar-refractivity contribution in [1.29, 1.82) is 0 Å². The summed E-state index contributed by atoms with van der Waals surface area (Å²) < 4.78 is 5.41. The molecule has 0 saturated carbocycles. The summed E-state index contributed by atoms with van der Waals surface area (Å²) in [5, 5.41) is 0. The smallest absolute Gasteiger partial charge is 0.210 e. The topological polar surface area (TPSA) is 45.7 Å². The lowest BCUT2D eigenvalue weighted by Gasteiger charge is -2.36. The Morgan fingerprint density at radius 2 is 2.10 bits per heavy atom. The summed E-state index contributed by atoms with van der Waals surface area (Å²) >= 11 is 0. The predicted octanol–water partition coefficient (Wildman–Crippen LogP) is 1.60. The molecule has 5 nitrogen and oxygen atoms in total. The molecule has 2 fully saturated rings. The van der Waals surface area contributed by atoms with Crippen LogP contribution in [0.4, 0.5) is 5.82 Å². The van der Waals surface area contributed by atoms with E-state index in [2.05, 4.69) is 16.0 Å². The molecular formula is C15H21N3O2. The van der Waals surface area contributed by atoms with E-state index in [1.54, 1.807) is 0 Å². The van der Waals surface area contributed by atoms with Crippen molar-refractivity contribution in [2.45, 2.75) is 25.3 Å². The van der Waals surface area contributed by atoms with E-state index in [1.165, 1.54) is 12.0 Å². The Morgan fingerprint density at radius 1 is 1.25 bits per heavy atom. The molecule has 20 heavy (non-hydrogen) atoms. The first-order chi connectivity index (χ1) is 9.90. The van der Waals surface area contributed by atoms with Crippen LogP contribution in [0.1, 0.15) is 30.9 Å². The molecule has 0 spiro atoms. The maximum Gasteiger partial charge on any atom is 0.210 e.